The van der Waals surface area contributed by atoms with Gasteiger partial charge in [-0.25, -0.2) is 4.79 Å². The molecule has 0 atom stereocenters. The molecule has 110 valence electrons. The van der Waals surface area contributed by atoms with Gasteiger partial charge >= 0.3 is 5.97 Å². The van der Waals surface area contributed by atoms with Crippen LogP contribution in [0.2, 0.25) is 5.02 Å². The molecule has 2 aromatic carbocycles. The van der Waals surface area contributed by atoms with Crippen LogP contribution in [0.3, 0.4) is 0 Å². The lowest BCUT2D eigenvalue weighted by Gasteiger charge is -2.14. The monoisotopic (exact) mass is 306 g/mol. The van der Waals surface area contributed by atoms with Crippen LogP contribution >= 0.6 is 11.6 Å². The van der Waals surface area contributed by atoms with Gasteiger partial charge in [0.1, 0.15) is 23.7 Å². The first-order chi connectivity index (χ1) is 10.0. The van der Waals surface area contributed by atoms with Crippen molar-refractivity contribution in [3.63, 3.8) is 0 Å². The molecule has 0 radical (unpaired) electrons. The average Bonchev–Trinajstić information content (AvgIpc) is 2.50. The largest absolute Gasteiger partial charge is 0.507 e. The summed E-state index contributed by atoms with van der Waals surface area (Å²) in [7, 11) is 1.24. The first-order valence-corrected chi connectivity index (χ1v) is 6.69. The molecule has 0 amide bonds. The summed E-state index contributed by atoms with van der Waals surface area (Å²) in [6.45, 7) is 1.95. The van der Waals surface area contributed by atoms with Crippen molar-refractivity contribution >= 4 is 17.6 Å². The molecule has 4 nitrogen and oxygen atoms in total. The van der Waals surface area contributed by atoms with Crippen molar-refractivity contribution in [2.45, 2.75) is 13.5 Å². The van der Waals surface area contributed by atoms with Gasteiger partial charge in [0, 0.05) is 6.07 Å². The van der Waals surface area contributed by atoms with E-state index in [-0.39, 0.29) is 16.3 Å². The van der Waals surface area contributed by atoms with Crippen LogP contribution in [0.5, 0.6) is 11.5 Å². The van der Waals surface area contributed by atoms with Crippen LogP contribution in [0.25, 0.3) is 0 Å². The van der Waals surface area contributed by atoms with E-state index >= 15 is 0 Å². The number of aromatic hydroxyl groups is 1. The zero-order valence-electron chi connectivity index (χ0n) is 11.7. The lowest BCUT2D eigenvalue weighted by molar-refractivity contribution is 0.0596. The summed E-state index contributed by atoms with van der Waals surface area (Å²) < 4.78 is 10.2. The van der Waals surface area contributed by atoms with Gasteiger partial charge in [-0.3, -0.25) is 0 Å². The molecule has 0 unspecified atom stereocenters. The molecule has 5 heteroatoms. The van der Waals surface area contributed by atoms with Gasteiger partial charge in [-0.2, -0.15) is 0 Å². The second-order valence-corrected chi connectivity index (χ2v) is 4.85. The lowest BCUT2D eigenvalue weighted by atomic mass is 10.1. The zero-order valence-corrected chi connectivity index (χ0v) is 12.5. The maximum absolute atomic E-state index is 11.6. The highest BCUT2D eigenvalue weighted by atomic mass is 35.5. The summed E-state index contributed by atoms with van der Waals surface area (Å²) in [6.07, 6.45) is 0. The number of phenols is 1. The summed E-state index contributed by atoms with van der Waals surface area (Å²) in [4.78, 5) is 11.6. The second kappa shape index (κ2) is 6.50. The number of halogens is 1. The van der Waals surface area contributed by atoms with Crippen molar-refractivity contribution in [1.29, 1.82) is 0 Å². The molecule has 0 aliphatic carbocycles. The number of phenolic OH excluding ortho intramolecular Hbond substituents is 1. The highest BCUT2D eigenvalue weighted by Gasteiger charge is 2.20. The summed E-state index contributed by atoms with van der Waals surface area (Å²) in [5, 5.41) is 10.2. The normalized spacial score (nSPS) is 10.2. The SMILES string of the molecule is COC(=O)c1c(O)cc(OCc2ccccc2)c(Cl)c1C. The van der Waals surface area contributed by atoms with Crippen LogP contribution < -0.4 is 4.74 Å². The van der Waals surface area contributed by atoms with Crippen LogP contribution in [0.4, 0.5) is 0 Å². The Bertz CT molecular complexity index is 653. The number of rotatable bonds is 4. The van der Waals surface area contributed by atoms with Crippen molar-refractivity contribution < 1.29 is 19.4 Å². The van der Waals surface area contributed by atoms with Gasteiger partial charge < -0.3 is 14.6 Å². The van der Waals surface area contributed by atoms with Crippen LogP contribution in [0, 0.1) is 6.92 Å². The summed E-state index contributed by atoms with van der Waals surface area (Å²) in [5.74, 6) is -0.531. The fraction of sp³-hybridized carbons (Fsp3) is 0.188. The number of carbonyl (C=O) groups excluding carboxylic acids is 1. The molecular weight excluding hydrogens is 292 g/mol. The van der Waals surface area contributed by atoms with Crippen molar-refractivity contribution in [2.24, 2.45) is 0 Å². The Balaban J connectivity index is 2.28. The molecule has 0 aliphatic rings. The van der Waals surface area contributed by atoms with Crippen molar-refractivity contribution in [2.75, 3.05) is 7.11 Å². The smallest absolute Gasteiger partial charge is 0.341 e. The Hall–Kier alpha value is -2.20. The molecule has 2 aromatic rings. The number of carbonyl (C=O) groups is 1. The average molecular weight is 307 g/mol. The molecule has 0 bridgehead atoms. The Morgan fingerprint density at radius 1 is 1.29 bits per heavy atom. The molecule has 1 N–H and O–H groups in total. The van der Waals surface area contributed by atoms with Crippen LogP contribution in [-0.2, 0) is 11.3 Å². The molecular formula is C16H15ClO4. The van der Waals surface area contributed by atoms with E-state index in [0.717, 1.165) is 5.56 Å². The van der Waals surface area contributed by atoms with Gasteiger partial charge in [0.25, 0.3) is 0 Å². The van der Waals surface area contributed by atoms with Gasteiger partial charge in [0.2, 0.25) is 0 Å². The minimum absolute atomic E-state index is 0.0505. The van der Waals surface area contributed by atoms with Gasteiger partial charge in [-0.15, -0.1) is 0 Å². The Kier molecular flexibility index (Phi) is 4.70. The maximum atomic E-state index is 11.6. The van der Waals surface area contributed by atoms with Crippen LogP contribution in [0.1, 0.15) is 21.5 Å². The zero-order chi connectivity index (χ0) is 15.4. The Labute approximate surface area is 127 Å². The number of benzene rings is 2. The summed E-state index contributed by atoms with van der Waals surface area (Å²) >= 11 is 6.19. The van der Waals surface area contributed by atoms with Gasteiger partial charge in [0.05, 0.1) is 12.1 Å². The molecule has 21 heavy (non-hydrogen) atoms. The fourth-order valence-corrected chi connectivity index (χ4v) is 2.15. The molecule has 0 saturated carbocycles. The summed E-state index contributed by atoms with van der Waals surface area (Å²) in [5.41, 5.74) is 1.45. The molecule has 2 rings (SSSR count). The molecule has 0 spiro atoms. The van der Waals surface area contributed by atoms with E-state index in [0.29, 0.717) is 17.9 Å². The summed E-state index contributed by atoms with van der Waals surface area (Å²) in [6, 6.07) is 10.9. The van der Waals surface area contributed by atoms with E-state index < -0.39 is 5.97 Å². The standard InChI is InChI=1S/C16H15ClO4/c1-10-14(16(19)20-2)12(18)8-13(15(10)17)21-9-11-6-4-3-5-7-11/h3-8,18H,9H2,1-2H3. The molecule has 0 saturated heterocycles. The fourth-order valence-electron chi connectivity index (χ4n) is 1.95. The number of hydrogen-bond donors (Lipinski definition) is 1. The predicted molar refractivity (Wildman–Crippen MR) is 80.0 cm³/mol. The Morgan fingerprint density at radius 2 is 1.95 bits per heavy atom. The maximum Gasteiger partial charge on any atom is 0.341 e. The second-order valence-electron chi connectivity index (χ2n) is 4.47. The van der Waals surface area contributed by atoms with Gasteiger partial charge in [-0.05, 0) is 18.1 Å². The van der Waals surface area contributed by atoms with E-state index in [2.05, 4.69) is 4.74 Å². The Morgan fingerprint density at radius 3 is 2.57 bits per heavy atom. The van der Waals surface area contributed by atoms with Gasteiger partial charge in [-0.1, -0.05) is 41.9 Å². The van der Waals surface area contributed by atoms with Crippen molar-refractivity contribution in [3.8, 4) is 11.5 Å². The lowest BCUT2D eigenvalue weighted by Crippen LogP contribution is -2.06. The van der Waals surface area contributed by atoms with E-state index in [9.17, 15) is 9.90 Å². The number of esters is 1. The number of methoxy groups -OCH3 is 1. The van der Waals surface area contributed by atoms with Crippen molar-refractivity contribution in [1.82, 2.24) is 0 Å². The quantitative estimate of drug-likeness (QED) is 0.875. The van der Waals surface area contributed by atoms with Crippen LogP contribution in [-0.4, -0.2) is 18.2 Å². The number of ether oxygens (including phenoxy) is 2. The van der Waals surface area contributed by atoms with Crippen LogP contribution in [0.15, 0.2) is 36.4 Å². The number of hydrogen-bond acceptors (Lipinski definition) is 4. The topological polar surface area (TPSA) is 55.8 Å². The van der Waals surface area contributed by atoms with E-state index in [4.69, 9.17) is 16.3 Å². The molecule has 0 aliphatic heterocycles. The first kappa shape index (κ1) is 15.2. The third-order valence-electron chi connectivity index (χ3n) is 3.07. The van der Waals surface area contributed by atoms with E-state index in [1.807, 2.05) is 30.3 Å². The molecule has 0 heterocycles. The van der Waals surface area contributed by atoms with E-state index in [1.165, 1.54) is 13.2 Å². The first-order valence-electron chi connectivity index (χ1n) is 6.31. The molecule has 0 aromatic heterocycles. The molecule has 0 fully saturated rings. The van der Waals surface area contributed by atoms with Crippen molar-refractivity contribution in [3.05, 3.63) is 58.1 Å². The highest BCUT2D eigenvalue weighted by Crippen LogP contribution is 2.37. The third-order valence-corrected chi connectivity index (χ3v) is 3.54. The minimum Gasteiger partial charge on any atom is -0.507 e. The predicted octanol–water partition coefficient (Wildman–Crippen LogP) is 3.72. The highest BCUT2D eigenvalue weighted by molar-refractivity contribution is 6.33. The van der Waals surface area contributed by atoms with Gasteiger partial charge in [0.15, 0.2) is 0 Å². The minimum atomic E-state index is -0.637. The third kappa shape index (κ3) is 3.28. The van der Waals surface area contributed by atoms with E-state index in [1.54, 1.807) is 6.92 Å².